The third kappa shape index (κ3) is 23.7. The van der Waals surface area contributed by atoms with Gasteiger partial charge in [0, 0.05) is 26.2 Å². The van der Waals surface area contributed by atoms with Gasteiger partial charge in [0.25, 0.3) is 0 Å². The minimum atomic E-state index is -0.473. The molecule has 0 aliphatic rings. The summed E-state index contributed by atoms with van der Waals surface area (Å²) in [5.41, 5.74) is 0. The zero-order valence-electron chi connectivity index (χ0n) is 27.8. The van der Waals surface area contributed by atoms with Crippen LogP contribution in [0.2, 0.25) is 0 Å². The van der Waals surface area contributed by atoms with Gasteiger partial charge in [0.1, 0.15) is 0 Å². The molecule has 0 fully saturated rings. The molecule has 0 spiro atoms. The van der Waals surface area contributed by atoms with Crippen molar-refractivity contribution >= 4 is 29.8 Å². The van der Waals surface area contributed by atoms with Gasteiger partial charge < -0.3 is 23.7 Å². The van der Waals surface area contributed by atoms with E-state index < -0.39 is 29.8 Å². The number of carbonyl (C=O) groups excluding carboxylic acids is 5. The largest absolute Gasteiger partial charge is 0.468 e. The Morgan fingerprint density at radius 2 is 0.659 bits per heavy atom. The van der Waals surface area contributed by atoms with Gasteiger partial charge in [0.05, 0.1) is 66.3 Å². The van der Waals surface area contributed by atoms with Crippen LogP contribution in [0.3, 0.4) is 0 Å². The molecule has 0 heterocycles. The highest BCUT2D eigenvalue weighted by Gasteiger charge is 2.22. The second-order valence-electron chi connectivity index (χ2n) is 10.6. The maximum atomic E-state index is 12.4. The molecule has 44 heavy (non-hydrogen) atoms. The zero-order valence-corrected chi connectivity index (χ0v) is 27.8. The van der Waals surface area contributed by atoms with E-state index >= 15 is 0 Å². The lowest BCUT2D eigenvalue weighted by atomic mass is 10.3. The van der Waals surface area contributed by atoms with Crippen molar-refractivity contribution in [2.24, 2.45) is 0 Å². The highest BCUT2D eigenvalue weighted by molar-refractivity contribution is 5.75. The Kier molecular flexibility index (Phi) is 26.0. The predicted molar refractivity (Wildman–Crippen MR) is 165 cm³/mol. The summed E-state index contributed by atoms with van der Waals surface area (Å²) < 4.78 is 26.0. The van der Waals surface area contributed by atoms with Crippen LogP contribution in [0.1, 0.15) is 79.1 Å². The van der Waals surface area contributed by atoms with Gasteiger partial charge in [-0.2, -0.15) is 0 Å². The molecule has 0 aromatic heterocycles. The van der Waals surface area contributed by atoms with Crippen molar-refractivity contribution in [3.05, 3.63) is 0 Å². The molecule has 0 aliphatic heterocycles. The number of unbranched alkanes of at least 4 members (excludes halogenated alkanes) is 4. The van der Waals surface area contributed by atoms with E-state index in [1.165, 1.54) is 7.11 Å². The van der Waals surface area contributed by atoms with E-state index in [4.69, 9.17) is 23.7 Å². The van der Waals surface area contributed by atoms with Gasteiger partial charge in [0.15, 0.2) is 0 Å². The summed E-state index contributed by atoms with van der Waals surface area (Å²) in [6, 6.07) is 0. The van der Waals surface area contributed by atoms with Gasteiger partial charge in [0.2, 0.25) is 0 Å². The van der Waals surface area contributed by atoms with E-state index in [-0.39, 0.29) is 58.9 Å². The van der Waals surface area contributed by atoms with Crippen LogP contribution < -0.4 is 0 Å². The highest BCUT2D eigenvalue weighted by Crippen LogP contribution is 2.02. The number of carbonyl (C=O) groups is 5. The van der Waals surface area contributed by atoms with Gasteiger partial charge in [-0.05, 0) is 25.7 Å². The third-order valence-corrected chi connectivity index (χ3v) is 6.50. The number of ether oxygens (including phenoxy) is 5. The monoisotopic (exact) mass is 631 g/mol. The lowest BCUT2D eigenvalue weighted by Gasteiger charge is -2.28. The molecule has 0 aromatic rings. The van der Waals surface area contributed by atoms with Crippen molar-refractivity contribution in [3.63, 3.8) is 0 Å². The first kappa shape index (κ1) is 41.2. The molecule has 0 N–H and O–H groups in total. The van der Waals surface area contributed by atoms with E-state index in [0.29, 0.717) is 26.4 Å². The number of methoxy groups -OCH3 is 1. The topological polar surface area (TPSA) is 141 Å². The lowest BCUT2D eigenvalue weighted by Crippen LogP contribution is -2.46. The van der Waals surface area contributed by atoms with Crippen molar-refractivity contribution < 1.29 is 47.7 Å². The van der Waals surface area contributed by atoms with Gasteiger partial charge >= 0.3 is 29.8 Å². The van der Waals surface area contributed by atoms with Crippen LogP contribution in [-0.2, 0) is 47.7 Å². The van der Waals surface area contributed by atoms with Gasteiger partial charge in [-0.15, -0.1) is 0 Å². The van der Waals surface area contributed by atoms with Crippen LogP contribution in [0.5, 0.6) is 0 Å². The smallest absolute Gasteiger partial charge is 0.320 e. The Morgan fingerprint density at radius 3 is 0.909 bits per heavy atom. The maximum Gasteiger partial charge on any atom is 0.320 e. The molecule has 0 radical (unpaired) electrons. The predicted octanol–water partition coefficient (Wildman–Crippen LogP) is 2.44. The number of nitrogens with zero attached hydrogens (tertiary/aromatic N) is 3. The molecular weight excluding hydrogens is 574 g/mol. The second-order valence-corrected chi connectivity index (χ2v) is 10.6. The fourth-order valence-corrected chi connectivity index (χ4v) is 3.74. The van der Waals surface area contributed by atoms with E-state index in [2.05, 4.69) is 0 Å². The van der Waals surface area contributed by atoms with E-state index in [9.17, 15) is 24.0 Å². The minimum absolute atomic E-state index is 0.0675. The van der Waals surface area contributed by atoms with Crippen molar-refractivity contribution in [1.82, 2.24) is 14.7 Å². The first-order valence-corrected chi connectivity index (χ1v) is 16.0. The number of hydrogen-bond donors (Lipinski definition) is 0. The van der Waals surface area contributed by atoms with E-state index in [1.54, 1.807) is 14.7 Å². The molecule has 0 atom stereocenters. The van der Waals surface area contributed by atoms with Gasteiger partial charge in [-0.1, -0.05) is 53.4 Å². The zero-order chi connectivity index (χ0) is 33.0. The first-order valence-electron chi connectivity index (χ1n) is 16.0. The van der Waals surface area contributed by atoms with Crippen LogP contribution in [0.25, 0.3) is 0 Å². The molecule has 0 rings (SSSR count). The average molecular weight is 632 g/mol. The normalized spacial score (nSPS) is 11.1. The molecule has 256 valence electrons. The number of esters is 5. The average Bonchev–Trinajstić information content (AvgIpc) is 2.98. The number of rotatable bonds is 28. The summed E-state index contributed by atoms with van der Waals surface area (Å²) in [6.45, 7) is 9.74. The SMILES string of the molecule is CCCCOC(=O)CN(CCN(CCN(CC(=O)OCCCC)CC(=O)OCCCC)CC(=O)OC)CC(=O)OCCCC. The molecule has 0 amide bonds. The standard InChI is InChI=1S/C31H57N3O10/c1-6-10-18-41-28(36)23-33(24-29(37)42-19-11-7-2)16-14-32(22-27(35)40-5)15-17-34(25-30(38)43-20-12-8-3)26-31(39)44-21-13-9-4/h6-26H2,1-5H3. The lowest BCUT2D eigenvalue weighted by molar-refractivity contribution is -0.150. The number of hydrogen-bond acceptors (Lipinski definition) is 13. The van der Waals surface area contributed by atoms with Crippen molar-refractivity contribution in [3.8, 4) is 0 Å². The summed E-state index contributed by atoms with van der Waals surface area (Å²) in [5, 5.41) is 0. The van der Waals surface area contributed by atoms with Crippen LogP contribution >= 0.6 is 0 Å². The van der Waals surface area contributed by atoms with Crippen molar-refractivity contribution in [1.29, 1.82) is 0 Å². The maximum absolute atomic E-state index is 12.4. The molecule has 13 nitrogen and oxygen atoms in total. The quantitative estimate of drug-likeness (QED) is 0.0710. The Balaban J connectivity index is 5.50. The Morgan fingerprint density at radius 1 is 0.409 bits per heavy atom. The van der Waals surface area contributed by atoms with Gasteiger partial charge in [-0.3, -0.25) is 38.7 Å². The second kappa shape index (κ2) is 27.8. The Labute approximate surface area is 263 Å². The molecular formula is C31H57N3O10. The fraction of sp³-hybridized carbons (Fsp3) is 0.839. The fourth-order valence-electron chi connectivity index (χ4n) is 3.74. The Bertz CT molecular complexity index is 708. The van der Waals surface area contributed by atoms with Crippen LogP contribution in [-0.4, -0.2) is 137 Å². The molecule has 13 heteroatoms. The molecule has 0 bridgehead atoms. The molecule has 0 aromatic carbocycles. The van der Waals surface area contributed by atoms with Gasteiger partial charge in [-0.25, -0.2) is 0 Å². The minimum Gasteiger partial charge on any atom is -0.468 e. The van der Waals surface area contributed by atoms with Crippen LogP contribution in [0, 0.1) is 0 Å². The van der Waals surface area contributed by atoms with Crippen molar-refractivity contribution in [2.45, 2.75) is 79.1 Å². The summed E-state index contributed by atoms with van der Waals surface area (Å²) in [4.78, 5) is 67.1. The van der Waals surface area contributed by atoms with Crippen LogP contribution in [0.4, 0.5) is 0 Å². The van der Waals surface area contributed by atoms with Crippen molar-refractivity contribution in [2.75, 3.05) is 92.4 Å². The summed E-state index contributed by atoms with van der Waals surface area (Å²) in [6.07, 6.45) is 6.50. The summed E-state index contributed by atoms with van der Waals surface area (Å²) in [5.74, 6) is -2.27. The van der Waals surface area contributed by atoms with Crippen LogP contribution in [0.15, 0.2) is 0 Å². The molecule has 0 aliphatic carbocycles. The Hall–Kier alpha value is -2.77. The molecule has 0 saturated heterocycles. The van der Waals surface area contributed by atoms with E-state index in [1.807, 2.05) is 27.7 Å². The summed E-state index contributed by atoms with van der Waals surface area (Å²) in [7, 11) is 1.29. The molecule has 0 saturated carbocycles. The molecule has 0 unspecified atom stereocenters. The highest BCUT2D eigenvalue weighted by atomic mass is 16.5. The first-order chi connectivity index (χ1) is 21.2. The third-order valence-electron chi connectivity index (χ3n) is 6.50. The van der Waals surface area contributed by atoms with E-state index in [0.717, 1.165) is 51.4 Å². The summed E-state index contributed by atoms with van der Waals surface area (Å²) >= 11 is 0.